The SMILES string of the molecule is Clc1nccnc1Sc1ccccc1Br. The van der Waals surface area contributed by atoms with Gasteiger partial charge in [-0.05, 0) is 28.1 Å². The van der Waals surface area contributed by atoms with Crippen LogP contribution in [0.4, 0.5) is 0 Å². The Balaban J connectivity index is 2.30. The van der Waals surface area contributed by atoms with Crippen LogP contribution >= 0.6 is 39.3 Å². The Morgan fingerprint density at radius 1 is 1.13 bits per heavy atom. The van der Waals surface area contributed by atoms with Gasteiger partial charge in [0, 0.05) is 21.8 Å². The van der Waals surface area contributed by atoms with Gasteiger partial charge in [0.1, 0.15) is 5.03 Å². The largest absolute Gasteiger partial charge is 0.245 e. The van der Waals surface area contributed by atoms with Crippen molar-refractivity contribution in [1.82, 2.24) is 9.97 Å². The normalized spacial score (nSPS) is 10.3. The molecular formula is C10H6BrClN2S. The molecule has 0 N–H and O–H groups in total. The van der Waals surface area contributed by atoms with Crippen LogP contribution in [-0.4, -0.2) is 9.97 Å². The first-order valence-electron chi connectivity index (χ1n) is 4.16. The van der Waals surface area contributed by atoms with E-state index in [0.717, 1.165) is 9.37 Å². The van der Waals surface area contributed by atoms with Crippen LogP contribution in [0.25, 0.3) is 0 Å². The van der Waals surface area contributed by atoms with Gasteiger partial charge in [-0.15, -0.1) is 0 Å². The Kier molecular flexibility index (Phi) is 3.61. The molecule has 15 heavy (non-hydrogen) atoms. The number of halogens is 2. The highest BCUT2D eigenvalue weighted by atomic mass is 79.9. The van der Waals surface area contributed by atoms with E-state index in [2.05, 4.69) is 25.9 Å². The zero-order chi connectivity index (χ0) is 10.7. The van der Waals surface area contributed by atoms with Crippen LogP contribution in [0.2, 0.25) is 5.15 Å². The van der Waals surface area contributed by atoms with Crippen molar-refractivity contribution in [2.24, 2.45) is 0 Å². The van der Waals surface area contributed by atoms with Crippen molar-refractivity contribution in [2.45, 2.75) is 9.92 Å². The smallest absolute Gasteiger partial charge is 0.161 e. The molecule has 0 saturated heterocycles. The molecular weight excluding hydrogens is 296 g/mol. The monoisotopic (exact) mass is 300 g/mol. The molecule has 1 aromatic heterocycles. The topological polar surface area (TPSA) is 25.8 Å². The lowest BCUT2D eigenvalue weighted by Crippen LogP contribution is -1.84. The highest BCUT2D eigenvalue weighted by Gasteiger charge is 2.06. The first-order chi connectivity index (χ1) is 7.27. The fourth-order valence-corrected chi connectivity index (χ4v) is 2.53. The van der Waals surface area contributed by atoms with Crippen LogP contribution in [0.3, 0.4) is 0 Å². The van der Waals surface area contributed by atoms with Gasteiger partial charge >= 0.3 is 0 Å². The van der Waals surface area contributed by atoms with E-state index in [-0.39, 0.29) is 0 Å². The number of rotatable bonds is 2. The number of aromatic nitrogens is 2. The molecule has 2 aromatic rings. The molecule has 0 atom stereocenters. The summed E-state index contributed by atoms with van der Waals surface area (Å²) in [5.41, 5.74) is 0. The van der Waals surface area contributed by atoms with Crippen LogP contribution < -0.4 is 0 Å². The zero-order valence-corrected chi connectivity index (χ0v) is 10.7. The molecule has 0 bridgehead atoms. The van der Waals surface area contributed by atoms with Crippen molar-refractivity contribution in [3.63, 3.8) is 0 Å². The second-order valence-electron chi connectivity index (χ2n) is 2.68. The molecule has 5 heteroatoms. The maximum atomic E-state index is 5.92. The quantitative estimate of drug-likeness (QED) is 0.837. The third-order valence-electron chi connectivity index (χ3n) is 1.67. The average molecular weight is 302 g/mol. The lowest BCUT2D eigenvalue weighted by Gasteiger charge is -2.03. The number of nitrogens with zero attached hydrogens (tertiary/aromatic N) is 2. The molecule has 0 radical (unpaired) electrons. The summed E-state index contributed by atoms with van der Waals surface area (Å²) in [6, 6.07) is 7.91. The summed E-state index contributed by atoms with van der Waals surface area (Å²) in [5.74, 6) is 0. The van der Waals surface area contributed by atoms with Crippen molar-refractivity contribution in [2.75, 3.05) is 0 Å². The van der Waals surface area contributed by atoms with Gasteiger partial charge in [-0.25, -0.2) is 9.97 Å². The van der Waals surface area contributed by atoms with Crippen LogP contribution in [0.15, 0.2) is 51.1 Å². The predicted molar refractivity (Wildman–Crippen MR) is 65.3 cm³/mol. The van der Waals surface area contributed by atoms with Crippen molar-refractivity contribution < 1.29 is 0 Å². The minimum Gasteiger partial charge on any atom is -0.245 e. The van der Waals surface area contributed by atoms with Crippen LogP contribution in [0, 0.1) is 0 Å². The second kappa shape index (κ2) is 4.96. The van der Waals surface area contributed by atoms with Gasteiger partial charge in [0.05, 0.1) is 0 Å². The summed E-state index contributed by atoms with van der Waals surface area (Å²) in [5, 5.41) is 1.14. The van der Waals surface area contributed by atoms with E-state index >= 15 is 0 Å². The van der Waals surface area contributed by atoms with Crippen molar-refractivity contribution in [3.8, 4) is 0 Å². The van der Waals surface area contributed by atoms with Gasteiger partial charge in [0.25, 0.3) is 0 Å². The minimum absolute atomic E-state index is 0.429. The fraction of sp³-hybridized carbons (Fsp3) is 0. The van der Waals surface area contributed by atoms with Crippen molar-refractivity contribution >= 4 is 39.3 Å². The maximum Gasteiger partial charge on any atom is 0.161 e. The molecule has 76 valence electrons. The molecule has 0 aliphatic rings. The van der Waals surface area contributed by atoms with E-state index < -0.39 is 0 Å². The highest BCUT2D eigenvalue weighted by Crippen LogP contribution is 2.34. The molecule has 0 saturated carbocycles. The van der Waals surface area contributed by atoms with Gasteiger partial charge in [-0.2, -0.15) is 0 Å². The number of hydrogen-bond acceptors (Lipinski definition) is 3. The number of benzene rings is 1. The molecule has 0 unspecified atom stereocenters. The highest BCUT2D eigenvalue weighted by molar-refractivity contribution is 9.10. The van der Waals surface area contributed by atoms with E-state index in [0.29, 0.717) is 10.2 Å². The molecule has 0 aliphatic heterocycles. The Morgan fingerprint density at radius 2 is 1.87 bits per heavy atom. The van der Waals surface area contributed by atoms with Crippen LogP contribution in [0.5, 0.6) is 0 Å². The van der Waals surface area contributed by atoms with Gasteiger partial charge in [-0.3, -0.25) is 0 Å². The van der Waals surface area contributed by atoms with Gasteiger partial charge < -0.3 is 0 Å². The third-order valence-corrected chi connectivity index (χ3v) is 4.08. The molecule has 0 amide bonds. The lowest BCUT2D eigenvalue weighted by atomic mass is 10.4. The molecule has 0 spiro atoms. The van der Waals surface area contributed by atoms with Crippen LogP contribution in [-0.2, 0) is 0 Å². The summed E-state index contributed by atoms with van der Waals surface area (Å²) in [7, 11) is 0. The van der Waals surface area contributed by atoms with Crippen molar-refractivity contribution in [3.05, 3.63) is 46.3 Å². The van der Waals surface area contributed by atoms with E-state index in [1.54, 1.807) is 12.4 Å². The predicted octanol–water partition coefficient (Wildman–Crippen LogP) is 4.04. The molecule has 1 heterocycles. The Hall–Kier alpha value is -0.580. The van der Waals surface area contributed by atoms with Crippen molar-refractivity contribution in [1.29, 1.82) is 0 Å². The molecule has 0 fully saturated rings. The molecule has 2 nitrogen and oxygen atoms in total. The third kappa shape index (κ3) is 2.71. The lowest BCUT2D eigenvalue weighted by molar-refractivity contribution is 1.05. The summed E-state index contributed by atoms with van der Waals surface area (Å²) < 4.78 is 1.02. The van der Waals surface area contributed by atoms with Crippen LogP contribution in [0.1, 0.15) is 0 Å². The Labute approximate surface area is 105 Å². The maximum absolute atomic E-state index is 5.92. The average Bonchev–Trinajstić information content (AvgIpc) is 2.24. The summed E-state index contributed by atoms with van der Waals surface area (Å²) in [4.78, 5) is 9.20. The van der Waals surface area contributed by atoms with E-state index in [1.165, 1.54) is 11.8 Å². The zero-order valence-electron chi connectivity index (χ0n) is 7.52. The minimum atomic E-state index is 0.429. The summed E-state index contributed by atoms with van der Waals surface area (Å²) in [6.07, 6.45) is 3.21. The molecule has 2 rings (SSSR count). The van der Waals surface area contributed by atoms with E-state index in [4.69, 9.17) is 11.6 Å². The van der Waals surface area contributed by atoms with E-state index in [1.807, 2.05) is 24.3 Å². The summed E-state index contributed by atoms with van der Waals surface area (Å²) >= 11 is 10.9. The second-order valence-corrected chi connectivity index (χ2v) is 4.93. The molecule has 1 aromatic carbocycles. The van der Waals surface area contributed by atoms with E-state index in [9.17, 15) is 0 Å². The fourth-order valence-electron chi connectivity index (χ4n) is 1.01. The molecule has 0 aliphatic carbocycles. The standard InChI is InChI=1S/C10H6BrClN2S/c11-7-3-1-2-4-8(7)15-10-9(12)13-5-6-14-10/h1-6H. The Bertz CT molecular complexity index is 435. The van der Waals surface area contributed by atoms with Gasteiger partial charge in [0.2, 0.25) is 0 Å². The van der Waals surface area contributed by atoms with Gasteiger partial charge in [0.15, 0.2) is 5.15 Å². The number of hydrogen-bond donors (Lipinski definition) is 0. The summed E-state index contributed by atoms with van der Waals surface area (Å²) in [6.45, 7) is 0. The first kappa shape index (κ1) is 10.9. The first-order valence-corrected chi connectivity index (χ1v) is 6.15. The van der Waals surface area contributed by atoms with Gasteiger partial charge in [-0.1, -0.05) is 35.5 Å². The Morgan fingerprint density at radius 3 is 2.60 bits per heavy atom.